The highest BCUT2D eigenvalue weighted by molar-refractivity contribution is 7.88. The highest BCUT2D eigenvalue weighted by atomic mass is 32.2. The lowest BCUT2D eigenvalue weighted by Gasteiger charge is -2.33. The van der Waals surface area contributed by atoms with E-state index in [4.69, 9.17) is 4.74 Å². The van der Waals surface area contributed by atoms with Crippen molar-refractivity contribution in [1.82, 2.24) is 9.73 Å². The smallest absolute Gasteiger partial charge is 0.415 e. The van der Waals surface area contributed by atoms with Crippen molar-refractivity contribution in [2.24, 2.45) is 11.8 Å². The van der Waals surface area contributed by atoms with Crippen molar-refractivity contribution in [3.8, 4) is 0 Å². The number of halogens is 4. The van der Waals surface area contributed by atoms with Gasteiger partial charge in [-0.1, -0.05) is 30.7 Å². The van der Waals surface area contributed by atoms with Gasteiger partial charge < -0.3 is 15.3 Å². The fraction of sp³-hybridized carbons (Fsp3) is 0.367. The van der Waals surface area contributed by atoms with E-state index >= 15 is 0 Å². The van der Waals surface area contributed by atoms with E-state index in [1.54, 1.807) is 12.1 Å². The van der Waals surface area contributed by atoms with Gasteiger partial charge >= 0.3 is 12.1 Å². The third kappa shape index (κ3) is 6.20. The number of methoxy groups -OCH3 is 1. The lowest BCUT2D eigenvalue weighted by molar-refractivity contribution is -0.205. The first kappa shape index (κ1) is 30.8. The minimum absolute atomic E-state index is 0.0132. The maximum Gasteiger partial charge on any atom is 0.415 e. The molecular formula is C30H31F4N3O5S. The van der Waals surface area contributed by atoms with Crippen LogP contribution >= 0.6 is 0 Å². The molecule has 0 saturated heterocycles. The lowest BCUT2D eigenvalue weighted by atomic mass is 9.80. The Morgan fingerprint density at radius 3 is 2.56 bits per heavy atom. The van der Waals surface area contributed by atoms with Gasteiger partial charge in [0.2, 0.25) is 10.0 Å². The largest absolute Gasteiger partial charge is 0.465 e. The van der Waals surface area contributed by atoms with Crippen LogP contribution in [0.2, 0.25) is 0 Å². The van der Waals surface area contributed by atoms with E-state index in [1.807, 2.05) is 24.2 Å². The van der Waals surface area contributed by atoms with E-state index in [-0.39, 0.29) is 29.4 Å². The quantitative estimate of drug-likeness (QED) is 0.306. The Kier molecular flexibility index (Phi) is 8.43. The summed E-state index contributed by atoms with van der Waals surface area (Å²) in [6.07, 6.45) is -3.06. The number of hydrogen-bond acceptors (Lipinski definition) is 7. The van der Waals surface area contributed by atoms with Crippen LogP contribution in [0.1, 0.15) is 35.7 Å². The molecule has 0 aromatic heterocycles. The first-order chi connectivity index (χ1) is 20.3. The molecule has 2 aliphatic carbocycles. The number of nitrogens with one attached hydrogen (secondary N) is 1. The standard InChI is InChI=1S/C30H31F4N3O5S/c1-18-25-14-35-37(23-11-9-22(31)10-12-23)26(25)13-19-7-8-20(28(18)19)15-36(16-27(38)30(32,33)34)43(40,41)17-21-5-3-4-6-24(21)29(39)42-2/h3-6,9-14,18,20,27,35,38H,7-8,15-17H2,1-2H3/t18-,20+,27?/m0/s1. The summed E-state index contributed by atoms with van der Waals surface area (Å²) in [4.78, 5) is 12.2. The number of sulfonamides is 1. The number of anilines is 1. The number of hydrogen-bond donors (Lipinski definition) is 2. The van der Waals surface area contributed by atoms with Crippen molar-refractivity contribution >= 4 is 21.7 Å². The van der Waals surface area contributed by atoms with Gasteiger partial charge in [0.25, 0.3) is 0 Å². The predicted molar refractivity (Wildman–Crippen MR) is 151 cm³/mol. The lowest BCUT2D eigenvalue weighted by Crippen LogP contribution is -2.46. The third-order valence-electron chi connectivity index (χ3n) is 8.12. The molecule has 2 aromatic carbocycles. The monoisotopic (exact) mass is 621 g/mol. The van der Waals surface area contributed by atoms with Gasteiger partial charge in [-0.05, 0) is 66.3 Å². The fourth-order valence-electron chi connectivity index (χ4n) is 5.99. The average molecular weight is 622 g/mol. The minimum Gasteiger partial charge on any atom is -0.465 e. The number of nitrogens with zero attached hydrogens (tertiary/aromatic N) is 2. The SMILES string of the molecule is COC(=O)c1ccccc1CS(=O)(=O)N(CC(O)C(F)(F)F)C[C@H]1CCC2=C1[C@@H](C)C1=CNN(c3ccc(F)cc3)C1=C2. The van der Waals surface area contributed by atoms with Gasteiger partial charge in [0.1, 0.15) is 5.82 Å². The Labute approximate surface area is 247 Å². The summed E-state index contributed by atoms with van der Waals surface area (Å²) in [6.45, 7) is 0.506. The number of ether oxygens (including phenoxy) is 1. The molecule has 0 fully saturated rings. The Hall–Kier alpha value is -3.68. The minimum atomic E-state index is -5.03. The molecule has 1 aliphatic heterocycles. The summed E-state index contributed by atoms with van der Waals surface area (Å²) in [5, 5.41) is 11.7. The number of carbonyl (C=O) groups is 1. The number of rotatable bonds is 9. The molecule has 1 unspecified atom stereocenters. The number of alkyl halides is 3. The van der Waals surface area contributed by atoms with Crippen molar-refractivity contribution in [2.75, 3.05) is 25.2 Å². The Bertz CT molecular complexity index is 1600. The summed E-state index contributed by atoms with van der Waals surface area (Å²) in [5.41, 5.74) is 7.61. The molecule has 2 aromatic rings. The van der Waals surface area contributed by atoms with Gasteiger partial charge in [0, 0.05) is 30.8 Å². The first-order valence-electron chi connectivity index (χ1n) is 13.7. The molecule has 43 heavy (non-hydrogen) atoms. The summed E-state index contributed by atoms with van der Waals surface area (Å²) in [5.74, 6) is -2.48. The van der Waals surface area contributed by atoms with Gasteiger partial charge in [-0.3, -0.25) is 5.01 Å². The van der Waals surface area contributed by atoms with Crippen molar-refractivity contribution in [2.45, 2.75) is 37.8 Å². The van der Waals surface area contributed by atoms with E-state index in [9.17, 15) is 35.9 Å². The summed E-state index contributed by atoms with van der Waals surface area (Å²) in [6, 6.07) is 11.8. The number of benzene rings is 2. The van der Waals surface area contributed by atoms with Gasteiger partial charge in [0.05, 0.1) is 29.8 Å². The van der Waals surface area contributed by atoms with Crippen LogP contribution in [0, 0.1) is 17.7 Å². The summed E-state index contributed by atoms with van der Waals surface area (Å²) >= 11 is 0. The summed E-state index contributed by atoms with van der Waals surface area (Å²) in [7, 11) is -3.30. The Morgan fingerprint density at radius 1 is 1.19 bits per heavy atom. The average Bonchev–Trinajstić information content (AvgIpc) is 3.57. The van der Waals surface area contributed by atoms with Gasteiger partial charge in [-0.25, -0.2) is 17.6 Å². The van der Waals surface area contributed by atoms with Crippen LogP contribution in [-0.2, 0) is 20.5 Å². The molecule has 3 aliphatic rings. The second-order valence-electron chi connectivity index (χ2n) is 10.8. The molecule has 5 rings (SSSR count). The van der Waals surface area contributed by atoms with E-state index in [0.717, 1.165) is 35.2 Å². The van der Waals surface area contributed by atoms with E-state index in [1.165, 1.54) is 36.4 Å². The van der Waals surface area contributed by atoms with Crippen LogP contribution in [-0.4, -0.2) is 56.3 Å². The zero-order valence-electron chi connectivity index (χ0n) is 23.4. The molecule has 8 nitrogen and oxygen atoms in total. The molecule has 3 atom stereocenters. The van der Waals surface area contributed by atoms with Crippen molar-refractivity contribution in [3.05, 3.63) is 100 Å². The number of hydrazine groups is 1. The second-order valence-corrected chi connectivity index (χ2v) is 12.8. The maximum atomic E-state index is 13.7. The van der Waals surface area contributed by atoms with Crippen molar-refractivity contribution < 1.29 is 40.6 Å². The number of aliphatic hydroxyl groups is 1. The van der Waals surface area contributed by atoms with Crippen LogP contribution in [0.15, 0.2) is 83.2 Å². The number of fused-ring (bicyclic) bond motifs is 1. The van der Waals surface area contributed by atoms with E-state index < -0.39 is 46.5 Å². The normalized spacial score (nSPS) is 20.8. The van der Waals surface area contributed by atoms with Crippen LogP contribution in [0.5, 0.6) is 0 Å². The topological polar surface area (TPSA) is 99.2 Å². The molecule has 0 amide bonds. The molecule has 1 heterocycles. The first-order valence-corrected chi connectivity index (χ1v) is 15.3. The highest BCUT2D eigenvalue weighted by Gasteiger charge is 2.44. The van der Waals surface area contributed by atoms with Gasteiger partial charge in [-0.2, -0.15) is 17.5 Å². The van der Waals surface area contributed by atoms with E-state index in [2.05, 4.69) is 5.43 Å². The number of aliphatic hydroxyl groups excluding tert-OH is 1. The van der Waals surface area contributed by atoms with E-state index in [0.29, 0.717) is 17.1 Å². The molecular weight excluding hydrogens is 590 g/mol. The van der Waals surface area contributed by atoms with Gasteiger partial charge in [-0.15, -0.1) is 0 Å². The van der Waals surface area contributed by atoms with Crippen LogP contribution in [0.4, 0.5) is 23.2 Å². The molecule has 0 bridgehead atoms. The van der Waals surface area contributed by atoms with Crippen LogP contribution < -0.4 is 10.4 Å². The molecule has 0 saturated carbocycles. The third-order valence-corrected chi connectivity index (χ3v) is 9.88. The zero-order chi connectivity index (χ0) is 31.1. The zero-order valence-corrected chi connectivity index (χ0v) is 24.3. The van der Waals surface area contributed by atoms with Gasteiger partial charge in [0.15, 0.2) is 6.10 Å². The highest BCUT2D eigenvalue weighted by Crippen LogP contribution is 2.48. The van der Waals surface area contributed by atoms with Crippen molar-refractivity contribution in [3.63, 3.8) is 0 Å². The molecule has 0 spiro atoms. The summed E-state index contributed by atoms with van der Waals surface area (Å²) < 4.78 is 86.6. The van der Waals surface area contributed by atoms with Crippen LogP contribution in [0.25, 0.3) is 0 Å². The Balaban J connectivity index is 1.45. The Morgan fingerprint density at radius 2 is 1.88 bits per heavy atom. The fourth-order valence-corrected chi connectivity index (χ4v) is 7.60. The number of allylic oxidation sites excluding steroid dienone is 3. The molecule has 13 heteroatoms. The number of carbonyl (C=O) groups excluding carboxylic acids is 1. The molecule has 230 valence electrons. The maximum absolute atomic E-state index is 13.7. The predicted octanol–water partition coefficient (Wildman–Crippen LogP) is 4.82. The second kappa shape index (κ2) is 11.8. The number of esters is 1. The van der Waals surface area contributed by atoms with Crippen molar-refractivity contribution in [1.29, 1.82) is 0 Å². The molecule has 0 radical (unpaired) electrons. The van der Waals surface area contributed by atoms with Crippen LogP contribution in [0.3, 0.4) is 0 Å². The molecule has 2 N–H and O–H groups in total.